The van der Waals surface area contributed by atoms with E-state index in [1.807, 2.05) is 18.7 Å². The maximum absolute atomic E-state index is 12.4. The van der Waals surface area contributed by atoms with Gasteiger partial charge in [0.25, 0.3) is 0 Å². The van der Waals surface area contributed by atoms with Crippen molar-refractivity contribution < 1.29 is 13.2 Å². The van der Waals surface area contributed by atoms with Crippen LogP contribution in [0.4, 0.5) is 19.0 Å². The summed E-state index contributed by atoms with van der Waals surface area (Å²) in [5.74, 6) is 0.600. The minimum absolute atomic E-state index is 0.304. The lowest BCUT2D eigenvalue weighted by atomic mass is 10.1. The van der Waals surface area contributed by atoms with Crippen molar-refractivity contribution in [1.29, 1.82) is 0 Å². The Morgan fingerprint density at radius 3 is 2.28 bits per heavy atom. The number of alkyl halides is 3. The number of nitrogens with one attached hydrogen (secondary N) is 1. The Labute approximate surface area is 104 Å². The first-order chi connectivity index (χ1) is 8.36. The van der Waals surface area contributed by atoms with Gasteiger partial charge >= 0.3 is 6.18 Å². The Hall–Kier alpha value is -1.30. The average Bonchev–Trinajstić information content (AvgIpc) is 2.27. The predicted octanol–water partition coefficient (Wildman–Crippen LogP) is 2.29. The molecule has 2 rings (SSSR count). The number of anilines is 1. The van der Waals surface area contributed by atoms with Crippen LogP contribution in [0.1, 0.15) is 19.4 Å². The van der Waals surface area contributed by atoms with Gasteiger partial charge in [-0.1, -0.05) is 0 Å². The topological polar surface area (TPSA) is 28.2 Å². The number of pyridine rings is 1. The van der Waals surface area contributed by atoms with E-state index >= 15 is 0 Å². The van der Waals surface area contributed by atoms with E-state index in [9.17, 15) is 13.2 Å². The molecule has 1 aliphatic heterocycles. The minimum atomic E-state index is -4.32. The van der Waals surface area contributed by atoms with Gasteiger partial charge in [-0.25, -0.2) is 4.98 Å². The fraction of sp³-hybridized carbons (Fsp3) is 0.583. The lowest BCUT2D eigenvalue weighted by Crippen LogP contribution is -2.54. The summed E-state index contributed by atoms with van der Waals surface area (Å²) in [5, 5.41) is 3.37. The second kappa shape index (κ2) is 4.76. The van der Waals surface area contributed by atoms with E-state index in [1.165, 1.54) is 6.07 Å². The zero-order chi connectivity index (χ0) is 13.3. The lowest BCUT2D eigenvalue weighted by molar-refractivity contribution is -0.137. The van der Waals surface area contributed by atoms with Gasteiger partial charge in [0.1, 0.15) is 5.82 Å². The van der Waals surface area contributed by atoms with Crippen LogP contribution in [-0.2, 0) is 6.18 Å². The van der Waals surface area contributed by atoms with Crippen molar-refractivity contribution in [2.24, 2.45) is 0 Å². The molecule has 2 heterocycles. The molecule has 0 bridgehead atoms. The van der Waals surface area contributed by atoms with Crippen molar-refractivity contribution in [3.8, 4) is 0 Å². The Kier molecular flexibility index (Phi) is 3.47. The zero-order valence-electron chi connectivity index (χ0n) is 10.3. The van der Waals surface area contributed by atoms with E-state index in [2.05, 4.69) is 10.3 Å². The molecule has 0 amide bonds. The SMILES string of the molecule is C[C@H]1CN(c2ccc(C(F)(F)F)cn2)C[C@H](C)N1. The summed E-state index contributed by atoms with van der Waals surface area (Å²) in [4.78, 5) is 5.92. The van der Waals surface area contributed by atoms with Crippen molar-refractivity contribution in [2.75, 3.05) is 18.0 Å². The third-order valence-electron chi connectivity index (χ3n) is 2.96. The summed E-state index contributed by atoms with van der Waals surface area (Å²) in [6.07, 6.45) is -3.43. The van der Waals surface area contributed by atoms with E-state index in [4.69, 9.17) is 0 Å². The third kappa shape index (κ3) is 2.93. The maximum Gasteiger partial charge on any atom is 0.417 e. The first kappa shape index (κ1) is 13.1. The van der Waals surface area contributed by atoms with Gasteiger partial charge in [0.2, 0.25) is 0 Å². The van der Waals surface area contributed by atoms with Crippen molar-refractivity contribution in [2.45, 2.75) is 32.1 Å². The van der Waals surface area contributed by atoms with Crippen molar-refractivity contribution >= 4 is 5.82 Å². The maximum atomic E-state index is 12.4. The lowest BCUT2D eigenvalue weighted by Gasteiger charge is -2.36. The Morgan fingerprint density at radius 2 is 1.83 bits per heavy atom. The normalized spacial score (nSPS) is 25.3. The van der Waals surface area contributed by atoms with Crippen LogP contribution in [-0.4, -0.2) is 30.2 Å². The quantitative estimate of drug-likeness (QED) is 0.838. The van der Waals surface area contributed by atoms with Crippen LogP contribution in [0.15, 0.2) is 18.3 Å². The van der Waals surface area contributed by atoms with Crippen LogP contribution >= 0.6 is 0 Å². The molecule has 2 atom stereocenters. The standard InChI is InChI=1S/C12H16F3N3/c1-8-6-18(7-9(2)17-8)11-4-3-10(5-16-11)12(13,14)15/h3-5,8-9,17H,6-7H2,1-2H3/t8-,9-/m0/s1. The molecule has 1 aromatic heterocycles. The monoisotopic (exact) mass is 259 g/mol. The molecule has 0 radical (unpaired) electrons. The van der Waals surface area contributed by atoms with Gasteiger partial charge in [-0.15, -0.1) is 0 Å². The van der Waals surface area contributed by atoms with Crippen LogP contribution in [0.5, 0.6) is 0 Å². The zero-order valence-corrected chi connectivity index (χ0v) is 10.3. The van der Waals surface area contributed by atoms with Crippen LogP contribution in [0.2, 0.25) is 0 Å². The second-order valence-electron chi connectivity index (χ2n) is 4.78. The van der Waals surface area contributed by atoms with Gasteiger partial charge in [0.05, 0.1) is 5.56 Å². The molecule has 0 unspecified atom stereocenters. The van der Waals surface area contributed by atoms with Crippen LogP contribution in [0.3, 0.4) is 0 Å². The molecule has 1 N–H and O–H groups in total. The summed E-state index contributed by atoms with van der Waals surface area (Å²) in [5.41, 5.74) is -0.706. The predicted molar refractivity (Wildman–Crippen MR) is 63.5 cm³/mol. The number of hydrogen-bond donors (Lipinski definition) is 1. The van der Waals surface area contributed by atoms with E-state index < -0.39 is 11.7 Å². The number of aromatic nitrogens is 1. The second-order valence-corrected chi connectivity index (χ2v) is 4.78. The largest absolute Gasteiger partial charge is 0.417 e. The molecule has 18 heavy (non-hydrogen) atoms. The highest BCUT2D eigenvalue weighted by molar-refractivity contribution is 5.41. The highest BCUT2D eigenvalue weighted by Crippen LogP contribution is 2.29. The third-order valence-corrected chi connectivity index (χ3v) is 2.96. The van der Waals surface area contributed by atoms with E-state index in [-0.39, 0.29) is 0 Å². The summed E-state index contributed by atoms with van der Waals surface area (Å²) >= 11 is 0. The molecule has 3 nitrogen and oxygen atoms in total. The van der Waals surface area contributed by atoms with E-state index in [1.54, 1.807) is 0 Å². The van der Waals surface area contributed by atoms with Gasteiger partial charge in [0.15, 0.2) is 0 Å². The fourth-order valence-electron chi connectivity index (χ4n) is 2.25. The molecule has 0 spiro atoms. The van der Waals surface area contributed by atoms with Crippen molar-refractivity contribution in [3.63, 3.8) is 0 Å². The number of piperazine rings is 1. The first-order valence-corrected chi connectivity index (χ1v) is 5.90. The highest BCUT2D eigenvalue weighted by Gasteiger charge is 2.31. The van der Waals surface area contributed by atoms with Gasteiger partial charge in [0, 0.05) is 31.4 Å². The summed E-state index contributed by atoms with van der Waals surface area (Å²) < 4.78 is 37.3. The molecule has 0 aromatic carbocycles. The average molecular weight is 259 g/mol. The van der Waals surface area contributed by atoms with Crippen LogP contribution in [0, 0.1) is 0 Å². The Balaban J connectivity index is 2.14. The van der Waals surface area contributed by atoms with E-state index in [0.717, 1.165) is 25.4 Å². The summed E-state index contributed by atoms with van der Waals surface area (Å²) in [6, 6.07) is 3.13. The molecule has 1 aliphatic rings. The van der Waals surface area contributed by atoms with Crippen molar-refractivity contribution in [1.82, 2.24) is 10.3 Å². The molecule has 6 heteroatoms. The summed E-state index contributed by atoms with van der Waals surface area (Å²) in [7, 11) is 0. The molecule has 0 saturated carbocycles. The molecule has 100 valence electrons. The fourth-order valence-corrected chi connectivity index (χ4v) is 2.25. The molecule has 0 aliphatic carbocycles. The molecular formula is C12H16F3N3. The number of rotatable bonds is 1. The van der Waals surface area contributed by atoms with Crippen LogP contribution < -0.4 is 10.2 Å². The van der Waals surface area contributed by atoms with E-state index in [0.29, 0.717) is 17.9 Å². The van der Waals surface area contributed by atoms with Gasteiger partial charge in [-0.3, -0.25) is 0 Å². The number of halogens is 3. The Morgan fingerprint density at radius 1 is 1.22 bits per heavy atom. The van der Waals surface area contributed by atoms with Crippen molar-refractivity contribution in [3.05, 3.63) is 23.9 Å². The molecule has 1 fully saturated rings. The van der Waals surface area contributed by atoms with Crippen LogP contribution in [0.25, 0.3) is 0 Å². The molecule has 1 saturated heterocycles. The smallest absolute Gasteiger partial charge is 0.354 e. The number of hydrogen-bond acceptors (Lipinski definition) is 3. The van der Waals surface area contributed by atoms with Gasteiger partial charge in [-0.2, -0.15) is 13.2 Å². The molecule has 1 aromatic rings. The summed E-state index contributed by atoms with van der Waals surface area (Å²) in [6.45, 7) is 5.60. The minimum Gasteiger partial charge on any atom is -0.354 e. The Bertz CT molecular complexity index is 392. The van der Waals surface area contributed by atoms with Gasteiger partial charge < -0.3 is 10.2 Å². The molecular weight excluding hydrogens is 243 g/mol. The van der Waals surface area contributed by atoms with Gasteiger partial charge in [-0.05, 0) is 26.0 Å². The highest BCUT2D eigenvalue weighted by atomic mass is 19.4. The first-order valence-electron chi connectivity index (χ1n) is 5.90. The number of nitrogens with zero attached hydrogens (tertiary/aromatic N) is 2.